The van der Waals surface area contributed by atoms with Gasteiger partial charge in [-0.1, -0.05) is 60.7 Å². The number of nitrogens with zero attached hydrogens (tertiary/aromatic N) is 1. The molecular weight excluding hydrogens is 374 g/mol. The molecule has 0 radical (unpaired) electrons. The van der Waals surface area contributed by atoms with Crippen molar-refractivity contribution in [3.8, 4) is 11.5 Å². The molecule has 1 aliphatic rings. The standard InChI is InChI=1S/C26H27NO3/c1-19(27(2)3)17-26(21-10-6-4-7-11-21,22-12-8-5-9-13-22)25(28)20-14-15-23-24(16-20)30-18-29-23/h4-16,19H,17-18H2,1-3H3/t19-/m0/s1. The van der Waals surface area contributed by atoms with Crippen molar-refractivity contribution in [1.82, 2.24) is 4.90 Å². The maximum atomic E-state index is 14.3. The van der Waals surface area contributed by atoms with E-state index >= 15 is 0 Å². The fraction of sp³-hybridized carbons (Fsp3) is 0.269. The highest BCUT2D eigenvalue weighted by Gasteiger charge is 2.44. The van der Waals surface area contributed by atoms with Crippen LogP contribution in [0.3, 0.4) is 0 Å². The largest absolute Gasteiger partial charge is 0.454 e. The summed E-state index contributed by atoms with van der Waals surface area (Å²) in [5.41, 5.74) is 1.79. The minimum atomic E-state index is -0.820. The number of carbonyl (C=O) groups is 1. The van der Waals surface area contributed by atoms with Gasteiger partial charge in [0, 0.05) is 11.6 Å². The first-order valence-electron chi connectivity index (χ1n) is 10.2. The van der Waals surface area contributed by atoms with E-state index < -0.39 is 5.41 Å². The van der Waals surface area contributed by atoms with Crippen LogP contribution in [0.2, 0.25) is 0 Å². The molecule has 154 valence electrons. The summed E-state index contributed by atoms with van der Waals surface area (Å²) in [5.74, 6) is 1.36. The van der Waals surface area contributed by atoms with E-state index in [0.717, 1.165) is 11.1 Å². The van der Waals surface area contributed by atoms with Gasteiger partial charge in [-0.2, -0.15) is 0 Å². The predicted octanol–water partition coefficient (Wildman–Crippen LogP) is 4.92. The number of hydrogen-bond donors (Lipinski definition) is 0. The van der Waals surface area contributed by atoms with E-state index in [9.17, 15) is 4.79 Å². The first kappa shape index (κ1) is 20.2. The molecule has 30 heavy (non-hydrogen) atoms. The zero-order valence-electron chi connectivity index (χ0n) is 17.7. The molecule has 0 aliphatic carbocycles. The Hall–Kier alpha value is -3.11. The number of ether oxygens (including phenoxy) is 2. The van der Waals surface area contributed by atoms with Crippen molar-refractivity contribution in [1.29, 1.82) is 0 Å². The van der Waals surface area contributed by atoms with Gasteiger partial charge in [0.25, 0.3) is 0 Å². The topological polar surface area (TPSA) is 38.8 Å². The summed E-state index contributed by atoms with van der Waals surface area (Å²) in [4.78, 5) is 16.5. The van der Waals surface area contributed by atoms with Crippen LogP contribution in [-0.4, -0.2) is 37.6 Å². The Balaban J connectivity index is 1.92. The van der Waals surface area contributed by atoms with E-state index in [1.807, 2.05) is 54.6 Å². The molecule has 0 spiro atoms. The minimum absolute atomic E-state index is 0.0619. The number of hydrogen-bond acceptors (Lipinski definition) is 4. The Labute approximate surface area is 178 Å². The molecule has 3 aromatic rings. The molecule has 1 atom stereocenters. The molecule has 4 rings (SSSR count). The highest BCUT2D eigenvalue weighted by atomic mass is 16.7. The zero-order valence-corrected chi connectivity index (χ0v) is 17.7. The van der Waals surface area contributed by atoms with Crippen molar-refractivity contribution in [2.75, 3.05) is 20.9 Å². The monoisotopic (exact) mass is 401 g/mol. The van der Waals surface area contributed by atoms with Crippen molar-refractivity contribution in [3.63, 3.8) is 0 Å². The van der Waals surface area contributed by atoms with Gasteiger partial charge in [-0.05, 0) is 56.8 Å². The number of benzene rings is 3. The summed E-state index contributed by atoms with van der Waals surface area (Å²) >= 11 is 0. The molecule has 0 amide bonds. The van der Waals surface area contributed by atoms with Crippen molar-refractivity contribution >= 4 is 5.78 Å². The molecule has 0 fully saturated rings. The maximum Gasteiger partial charge on any atom is 0.231 e. The van der Waals surface area contributed by atoms with E-state index in [4.69, 9.17) is 9.47 Å². The molecule has 4 nitrogen and oxygen atoms in total. The molecule has 0 saturated heterocycles. The molecule has 1 aliphatic heterocycles. The highest BCUT2D eigenvalue weighted by Crippen LogP contribution is 2.42. The third-order valence-electron chi connectivity index (χ3n) is 6.04. The summed E-state index contributed by atoms with van der Waals surface area (Å²) in [7, 11) is 4.10. The summed E-state index contributed by atoms with van der Waals surface area (Å²) in [6.45, 7) is 2.35. The second-order valence-electron chi connectivity index (χ2n) is 8.05. The molecule has 0 N–H and O–H groups in total. The Morgan fingerprint density at radius 2 is 1.47 bits per heavy atom. The summed E-state index contributed by atoms with van der Waals surface area (Å²) in [6.07, 6.45) is 0.654. The molecule has 1 heterocycles. The normalized spacial score (nSPS) is 14.0. The van der Waals surface area contributed by atoms with Gasteiger partial charge in [0.15, 0.2) is 17.3 Å². The molecule has 0 unspecified atom stereocenters. The van der Waals surface area contributed by atoms with Crippen molar-refractivity contribution in [3.05, 3.63) is 95.6 Å². The number of ketones is 1. The average Bonchev–Trinajstić information content (AvgIpc) is 3.26. The van der Waals surface area contributed by atoms with Gasteiger partial charge in [-0.15, -0.1) is 0 Å². The lowest BCUT2D eigenvalue weighted by atomic mass is 9.66. The summed E-state index contributed by atoms with van der Waals surface area (Å²) in [6, 6.07) is 25.9. The van der Waals surface area contributed by atoms with Gasteiger partial charge in [0.05, 0.1) is 5.41 Å². The Kier molecular flexibility index (Phi) is 5.60. The summed E-state index contributed by atoms with van der Waals surface area (Å²) < 4.78 is 11.0. The van der Waals surface area contributed by atoms with Gasteiger partial charge in [-0.25, -0.2) is 0 Å². The van der Waals surface area contributed by atoms with E-state index in [0.29, 0.717) is 23.5 Å². The minimum Gasteiger partial charge on any atom is -0.454 e. The van der Waals surface area contributed by atoms with Gasteiger partial charge in [-0.3, -0.25) is 4.79 Å². The van der Waals surface area contributed by atoms with E-state index in [2.05, 4.69) is 50.2 Å². The van der Waals surface area contributed by atoms with Crippen LogP contribution in [0.15, 0.2) is 78.9 Å². The Morgan fingerprint density at radius 3 is 2.03 bits per heavy atom. The predicted molar refractivity (Wildman–Crippen MR) is 118 cm³/mol. The number of fused-ring (bicyclic) bond motifs is 1. The average molecular weight is 402 g/mol. The summed E-state index contributed by atoms with van der Waals surface area (Å²) in [5, 5.41) is 0. The number of rotatable bonds is 7. The third-order valence-corrected chi connectivity index (χ3v) is 6.04. The van der Waals surface area contributed by atoms with Crippen molar-refractivity contribution in [2.45, 2.75) is 24.8 Å². The molecular formula is C26H27NO3. The van der Waals surface area contributed by atoms with Crippen LogP contribution in [0.4, 0.5) is 0 Å². The lowest BCUT2D eigenvalue weighted by Gasteiger charge is -2.37. The number of Topliss-reactive ketones (excluding diaryl/α,β-unsaturated/α-hetero) is 1. The van der Waals surface area contributed by atoms with Gasteiger partial charge in [0.1, 0.15) is 0 Å². The van der Waals surface area contributed by atoms with Crippen LogP contribution >= 0.6 is 0 Å². The lowest BCUT2D eigenvalue weighted by molar-refractivity contribution is 0.0882. The fourth-order valence-electron chi connectivity index (χ4n) is 4.11. The number of carbonyl (C=O) groups excluding carboxylic acids is 1. The van der Waals surface area contributed by atoms with Crippen molar-refractivity contribution < 1.29 is 14.3 Å². The van der Waals surface area contributed by atoms with Crippen LogP contribution in [0.25, 0.3) is 0 Å². The van der Waals surface area contributed by atoms with Crippen LogP contribution < -0.4 is 9.47 Å². The first-order valence-corrected chi connectivity index (χ1v) is 10.2. The molecule has 0 bridgehead atoms. The first-order chi connectivity index (χ1) is 14.5. The SMILES string of the molecule is C[C@@H](CC(C(=O)c1ccc2c(c1)OCO2)(c1ccccc1)c1ccccc1)N(C)C. The van der Waals surface area contributed by atoms with Gasteiger partial charge < -0.3 is 14.4 Å². The molecule has 3 aromatic carbocycles. The highest BCUT2D eigenvalue weighted by molar-refractivity contribution is 6.07. The lowest BCUT2D eigenvalue weighted by Crippen LogP contribution is -2.43. The second kappa shape index (κ2) is 8.33. The maximum absolute atomic E-state index is 14.3. The smallest absolute Gasteiger partial charge is 0.231 e. The third kappa shape index (κ3) is 3.59. The molecule has 0 aromatic heterocycles. The van der Waals surface area contributed by atoms with E-state index in [-0.39, 0.29) is 18.6 Å². The van der Waals surface area contributed by atoms with Crippen molar-refractivity contribution in [2.24, 2.45) is 0 Å². The van der Waals surface area contributed by atoms with E-state index in [1.165, 1.54) is 0 Å². The quantitative estimate of drug-likeness (QED) is 0.527. The van der Waals surface area contributed by atoms with Crippen LogP contribution in [0, 0.1) is 0 Å². The van der Waals surface area contributed by atoms with Crippen LogP contribution in [0.5, 0.6) is 11.5 Å². The Bertz CT molecular complexity index is 975. The van der Waals surface area contributed by atoms with Gasteiger partial charge in [0.2, 0.25) is 6.79 Å². The second-order valence-corrected chi connectivity index (χ2v) is 8.05. The molecule has 0 saturated carbocycles. The molecule has 4 heteroatoms. The fourth-order valence-corrected chi connectivity index (χ4v) is 4.11. The van der Waals surface area contributed by atoms with Crippen LogP contribution in [-0.2, 0) is 5.41 Å². The van der Waals surface area contributed by atoms with E-state index in [1.54, 1.807) is 0 Å². The Morgan fingerprint density at radius 1 is 0.900 bits per heavy atom. The van der Waals surface area contributed by atoms with Crippen LogP contribution in [0.1, 0.15) is 34.8 Å². The zero-order chi connectivity index (χ0) is 21.1. The van der Waals surface area contributed by atoms with Gasteiger partial charge >= 0.3 is 0 Å².